The van der Waals surface area contributed by atoms with E-state index < -0.39 is 0 Å². The van der Waals surface area contributed by atoms with E-state index in [1.807, 2.05) is 12.1 Å². The van der Waals surface area contributed by atoms with Gasteiger partial charge in [-0.2, -0.15) is 0 Å². The summed E-state index contributed by atoms with van der Waals surface area (Å²) in [6.07, 6.45) is 3.89. The minimum atomic E-state index is 0.977. The Hall–Kier alpha value is -0.820. The van der Waals surface area contributed by atoms with Crippen LogP contribution >= 0.6 is 15.9 Å². The van der Waals surface area contributed by atoms with Gasteiger partial charge < -0.3 is 0 Å². The molecule has 0 aliphatic carbocycles. The summed E-state index contributed by atoms with van der Waals surface area (Å²) >= 11 is 3.36. The van der Waals surface area contributed by atoms with Crippen molar-refractivity contribution in [3.05, 3.63) is 53.0 Å². The minimum Gasteiger partial charge on any atom is -0.0985 e. The summed E-state index contributed by atoms with van der Waals surface area (Å²) in [7, 11) is 0. The molecule has 0 bridgehead atoms. The summed E-state index contributed by atoms with van der Waals surface area (Å²) < 4.78 is 1.05. The third kappa shape index (κ3) is 3.19. The van der Waals surface area contributed by atoms with Crippen molar-refractivity contribution in [1.29, 1.82) is 0 Å². The molecule has 0 saturated carbocycles. The van der Waals surface area contributed by atoms with Gasteiger partial charge in [0.25, 0.3) is 0 Å². The molecule has 0 unspecified atom stereocenters. The van der Waals surface area contributed by atoms with Crippen molar-refractivity contribution < 1.29 is 0 Å². The van der Waals surface area contributed by atoms with Crippen molar-refractivity contribution in [3.8, 4) is 0 Å². The fourth-order valence-electron chi connectivity index (χ4n) is 1.23. The van der Waals surface area contributed by atoms with Crippen LogP contribution in [0.5, 0.6) is 0 Å². The zero-order valence-corrected chi connectivity index (χ0v) is 9.18. The zero-order chi connectivity index (χ0) is 9.68. The molecule has 13 heavy (non-hydrogen) atoms. The summed E-state index contributed by atoms with van der Waals surface area (Å²) in [6.45, 7) is 7.60. The molecule has 0 N–H and O–H groups in total. The Morgan fingerprint density at radius 3 is 2.69 bits per heavy atom. The van der Waals surface area contributed by atoms with Crippen LogP contribution in [0.15, 0.2) is 41.9 Å². The van der Waals surface area contributed by atoms with Crippen LogP contribution < -0.4 is 0 Å². The van der Waals surface area contributed by atoms with Crippen molar-refractivity contribution in [3.63, 3.8) is 0 Å². The van der Waals surface area contributed by atoms with Gasteiger partial charge in [0, 0.05) is 0 Å². The van der Waals surface area contributed by atoms with E-state index in [0.29, 0.717) is 0 Å². The van der Waals surface area contributed by atoms with Crippen LogP contribution in [0.1, 0.15) is 17.5 Å². The second-order valence-electron chi connectivity index (χ2n) is 2.92. The molecule has 0 radical (unpaired) electrons. The number of halogens is 1. The molecule has 0 heterocycles. The molecule has 0 aliphatic rings. The van der Waals surface area contributed by atoms with E-state index in [2.05, 4.69) is 47.3 Å². The van der Waals surface area contributed by atoms with Crippen LogP contribution in [-0.4, -0.2) is 0 Å². The van der Waals surface area contributed by atoms with Gasteiger partial charge in [-0.1, -0.05) is 59.4 Å². The average Bonchev–Trinajstić information content (AvgIpc) is 2.15. The fraction of sp³-hybridized carbons (Fsp3) is 0.167. The molecule has 0 aliphatic heterocycles. The lowest BCUT2D eigenvalue weighted by Crippen LogP contribution is -1.88. The summed E-state index contributed by atoms with van der Waals surface area (Å²) in [4.78, 5) is 0. The van der Waals surface area contributed by atoms with Crippen molar-refractivity contribution in [2.45, 2.75) is 12.8 Å². The standard InChI is InChI=1S/C12H13Br/c1-3-11-6-4-5-7-12(11)9-8-10(2)13/h3-7H,1-2,8-9H2. The van der Waals surface area contributed by atoms with Gasteiger partial charge in [-0.25, -0.2) is 0 Å². The maximum Gasteiger partial charge on any atom is -0.0118 e. The zero-order valence-electron chi connectivity index (χ0n) is 7.59. The maximum absolute atomic E-state index is 3.82. The Morgan fingerprint density at radius 1 is 1.38 bits per heavy atom. The quantitative estimate of drug-likeness (QED) is 0.737. The van der Waals surface area contributed by atoms with Gasteiger partial charge in [0.1, 0.15) is 0 Å². The van der Waals surface area contributed by atoms with E-state index in [9.17, 15) is 0 Å². The van der Waals surface area contributed by atoms with Crippen LogP contribution in [-0.2, 0) is 6.42 Å². The molecule has 0 saturated heterocycles. The topological polar surface area (TPSA) is 0 Å². The van der Waals surface area contributed by atoms with E-state index in [4.69, 9.17) is 0 Å². The molecular weight excluding hydrogens is 224 g/mol. The average molecular weight is 237 g/mol. The van der Waals surface area contributed by atoms with Gasteiger partial charge >= 0.3 is 0 Å². The van der Waals surface area contributed by atoms with Gasteiger partial charge in [0.15, 0.2) is 0 Å². The number of hydrogen-bond acceptors (Lipinski definition) is 0. The predicted octanol–water partition coefficient (Wildman–Crippen LogP) is 4.17. The summed E-state index contributed by atoms with van der Waals surface area (Å²) in [5.74, 6) is 0. The van der Waals surface area contributed by atoms with Gasteiger partial charge in [-0.15, -0.1) is 0 Å². The molecule has 0 fully saturated rings. The Balaban J connectivity index is 2.75. The number of benzene rings is 1. The smallest absolute Gasteiger partial charge is 0.0118 e. The highest BCUT2D eigenvalue weighted by atomic mass is 79.9. The van der Waals surface area contributed by atoms with E-state index in [1.54, 1.807) is 0 Å². The van der Waals surface area contributed by atoms with Crippen LogP contribution in [0.4, 0.5) is 0 Å². The van der Waals surface area contributed by atoms with Gasteiger partial charge in [-0.3, -0.25) is 0 Å². The molecule has 1 aromatic carbocycles. The Morgan fingerprint density at radius 2 is 2.08 bits per heavy atom. The van der Waals surface area contributed by atoms with Crippen molar-refractivity contribution in [2.24, 2.45) is 0 Å². The molecule has 1 rings (SSSR count). The largest absolute Gasteiger partial charge is 0.0985 e. The second-order valence-corrected chi connectivity index (χ2v) is 4.04. The number of hydrogen-bond donors (Lipinski definition) is 0. The summed E-state index contributed by atoms with van der Waals surface area (Å²) in [6, 6.07) is 8.30. The lowest BCUT2D eigenvalue weighted by molar-refractivity contribution is 0.992. The van der Waals surface area contributed by atoms with Gasteiger partial charge in [0.2, 0.25) is 0 Å². The lowest BCUT2D eigenvalue weighted by Gasteiger charge is -2.04. The molecule has 0 nitrogen and oxygen atoms in total. The number of aryl methyl sites for hydroxylation is 1. The van der Waals surface area contributed by atoms with Crippen LogP contribution in [0.3, 0.4) is 0 Å². The van der Waals surface area contributed by atoms with Crippen LogP contribution in [0, 0.1) is 0 Å². The minimum absolute atomic E-state index is 0.977. The third-order valence-electron chi connectivity index (χ3n) is 1.94. The van der Waals surface area contributed by atoms with E-state index in [0.717, 1.165) is 17.3 Å². The number of rotatable bonds is 4. The molecule has 0 spiro atoms. The number of allylic oxidation sites excluding steroid dienone is 1. The molecule has 0 atom stereocenters. The summed E-state index contributed by atoms with van der Waals surface area (Å²) in [5, 5.41) is 0. The Labute approximate surface area is 88.1 Å². The molecular formula is C12H13Br. The summed E-state index contributed by atoms with van der Waals surface area (Å²) in [5.41, 5.74) is 2.55. The van der Waals surface area contributed by atoms with Gasteiger partial charge in [0.05, 0.1) is 0 Å². The Kier molecular flexibility index (Phi) is 3.97. The normalized spacial score (nSPS) is 9.62. The molecule has 1 aromatic rings. The first-order valence-electron chi connectivity index (χ1n) is 4.27. The highest BCUT2D eigenvalue weighted by Gasteiger charge is 1.97. The van der Waals surface area contributed by atoms with Crippen LogP contribution in [0.25, 0.3) is 6.08 Å². The first-order chi connectivity index (χ1) is 6.24. The lowest BCUT2D eigenvalue weighted by atomic mass is 10.0. The molecule has 1 heteroatoms. The molecule has 0 amide bonds. The molecule has 0 aromatic heterocycles. The molecule has 68 valence electrons. The SMILES string of the molecule is C=Cc1ccccc1CCC(=C)Br. The van der Waals surface area contributed by atoms with E-state index in [1.165, 1.54) is 11.1 Å². The predicted molar refractivity (Wildman–Crippen MR) is 62.9 cm³/mol. The maximum atomic E-state index is 3.82. The van der Waals surface area contributed by atoms with E-state index in [-0.39, 0.29) is 0 Å². The second kappa shape index (κ2) is 5.03. The highest BCUT2D eigenvalue weighted by molar-refractivity contribution is 9.11. The van der Waals surface area contributed by atoms with Crippen molar-refractivity contribution in [2.75, 3.05) is 0 Å². The Bertz CT molecular complexity index is 313. The van der Waals surface area contributed by atoms with Gasteiger partial charge in [-0.05, 0) is 28.5 Å². The highest BCUT2D eigenvalue weighted by Crippen LogP contribution is 2.16. The monoisotopic (exact) mass is 236 g/mol. The van der Waals surface area contributed by atoms with Crippen molar-refractivity contribution in [1.82, 2.24) is 0 Å². The van der Waals surface area contributed by atoms with Crippen LogP contribution in [0.2, 0.25) is 0 Å². The van der Waals surface area contributed by atoms with E-state index >= 15 is 0 Å². The third-order valence-corrected chi connectivity index (χ3v) is 2.34. The fourth-order valence-corrected chi connectivity index (χ4v) is 1.43. The van der Waals surface area contributed by atoms with Crippen molar-refractivity contribution >= 4 is 22.0 Å². The first kappa shape index (κ1) is 10.3. The first-order valence-corrected chi connectivity index (χ1v) is 5.07.